The van der Waals surface area contributed by atoms with Gasteiger partial charge in [0.15, 0.2) is 0 Å². The van der Waals surface area contributed by atoms with E-state index in [0.717, 1.165) is 5.56 Å². The van der Waals surface area contributed by atoms with Gasteiger partial charge >= 0.3 is 0 Å². The Kier molecular flexibility index (Phi) is 4.03. The van der Waals surface area contributed by atoms with Crippen LogP contribution in [0.25, 0.3) is 0 Å². The van der Waals surface area contributed by atoms with Crippen LogP contribution in [0.4, 0.5) is 4.39 Å². The second kappa shape index (κ2) is 5.73. The van der Waals surface area contributed by atoms with E-state index in [2.05, 4.69) is 15.4 Å². The average Bonchev–Trinajstić information content (AvgIpc) is 2.44. The summed E-state index contributed by atoms with van der Waals surface area (Å²) in [5, 5.41) is 0. The Morgan fingerprint density at radius 2 is 2.05 bits per heavy atom. The van der Waals surface area contributed by atoms with E-state index in [1.54, 1.807) is 12.1 Å². The van der Waals surface area contributed by atoms with E-state index >= 15 is 0 Å². The van der Waals surface area contributed by atoms with Crippen LogP contribution in [-0.4, -0.2) is 17.1 Å². The Morgan fingerprint density at radius 1 is 1.32 bits per heavy atom. The highest BCUT2D eigenvalue weighted by molar-refractivity contribution is 5.35. The first-order chi connectivity index (χ1) is 9.17. The molecule has 0 saturated carbocycles. The number of aromatic nitrogens is 2. The molecule has 0 aliphatic carbocycles. The first kappa shape index (κ1) is 13.4. The maximum Gasteiger partial charge on any atom is 0.237 e. The topological polar surface area (TPSA) is 73.1 Å². The molecule has 19 heavy (non-hydrogen) atoms. The quantitative estimate of drug-likeness (QED) is 0.645. The van der Waals surface area contributed by atoms with Crippen LogP contribution in [0.15, 0.2) is 30.6 Å². The number of benzene rings is 1. The number of halogens is 1. The third-order valence-electron chi connectivity index (χ3n) is 2.79. The van der Waals surface area contributed by atoms with Crippen molar-refractivity contribution in [3.05, 3.63) is 53.2 Å². The summed E-state index contributed by atoms with van der Waals surface area (Å²) >= 11 is 0. The lowest BCUT2D eigenvalue weighted by Gasteiger charge is -2.18. The van der Waals surface area contributed by atoms with Crippen molar-refractivity contribution in [3.8, 4) is 5.88 Å². The molecule has 5 nitrogen and oxygen atoms in total. The van der Waals surface area contributed by atoms with Gasteiger partial charge in [-0.25, -0.2) is 14.8 Å². The lowest BCUT2D eigenvalue weighted by Crippen LogP contribution is -2.30. The Bertz CT molecular complexity index is 576. The van der Waals surface area contributed by atoms with Crippen molar-refractivity contribution in [1.82, 2.24) is 15.4 Å². The summed E-state index contributed by atoms with van der Waals surface area (Å²) < 4.78 is 19.1. The number of aryl methyl sites for hydroxylation is 1. The number of ether oxygens (including phenoxy) is 1. The number of nitrogens with two attached hydrogens (primary N) is 1. The van der Waals surface area contributed by atoms with Crippen molar-refractivity contribution in [2.75, 3.05) is 7.11 Å². The summed E-state index contributed by atoms with van der Waals surface area (Å²) in [4.78, 5) is 8.21. The lowest BCUT2D eigenvalue weighted by atomic mass is 10.0. The molecule has 0 bridgehead atoms. The molecular formula is C13H15FN4O. The number of hydrogen-bond donors (Lipinski definition) is 2. The van der Waals surface area contributed by atoms with Gasteiger partial charge in [0.1, 0.15) is 11.5 Å². The first-order valence-corrected chi connectivity index (χ1v) is 5.74. The van der Waals surface area contributed by atoms with Crippen LogP contribution in [0.3, 0.4) is 0 Å². The maximum atomic E-state index is 13.9. The van der Waals surface area contributed by atoms with Crippen LogP contribution < -0.4 is 16.0 Å². The molecular weight excluding hydrogens is 247 g/mol. The SMILES string of the molecule is COc1nccnc1C(NN)c1cc(C)ccc1F. The molecule has 2 rings (SSSR count). The van der Waals surface area contributed by atoms with E-state index in [0.29, 0.717) is 17.1 Å². The smallest absolute Gasteiger partial charge is 0.237 e. The van der Waals surface area contributed by atoms with Crippen molar-refractivity contribution in [2.24, 2.45) is 5.84 Å². The molecule has 100 valence electrons. The Labute approximate surface area is 110 Å². The minimum Gasteiger partial charge on any atom is -0.480 e. The number of hydrogen-bond acceptors (Lipinski definition) is 5. The largest absolute Gasteiger partial charge is 0.480 e. The Hall–Kier alpha value is -2.05. The third kappa shape index (κ3) is 2.69. The third-order valence-corrected chi connectivity index (χ3v) is 2.79. The molecule has 1 aromatic carbocycles. The van der Waals surface area contributed by atoms with E-state index in [-0.39, 0.29) is 5.82 Å². The molecule has 0 fully saturated rings. The fraction of sp³-hybridized carbons (Fsp3) is 0.231. The summed E-state index contributed by atoms with van der Waals surface area (Å²) in [5.74, 6) is 5.49. The molecule has 2 aromatic rings. The molecule has 1 atom stereocenters. The second-order valence-corrected chi connectivity index (χ2v) is 4.08. The molecule has 1 aromatic heterocycles. The molecule has 0 spiro atoms. The van der Waals surface area contributed by atoms with Crippen LogP contribution >= 0.6 is 0 Å². The van der Waals surface area contributed by atoms with Gasteiger partial charge in [-0.3, -0.25) is 10.8 Å². The number of hydrazine groups is 1. The fourth-order valence-electron chi connectivity index (χ4n) is 1.89. The van der Waals surface area contributed by atoms with Gasteiger partial charge in [0, 0.05) is 18.0 Å². The van der Waals surface area contributed by atoms with Crippen LogP contribution in [0, 0.1) is 12.7 Å². The molecule has 0 radical (unpaired) electrons. The highest BCUT2D eigenvalue weighted by Crippen LogP contribution is 2.27. The van der Waals surface area contributed by atoms with Gasteiger partial charge in [-0.05, 0) is 13.0 Å². The van der Waals surface area contributed by atoms with Gasteiger partial charge in [0.05, 0.1) is 13.2 Å². The van der Waals surface area contributed by atoms with Gasteiger partial charge in [-0.15, -0.1) is 0 Å². The maximum absolute atomic E-state index is 13.9. The van der Waals surface area contributed by atoms with E-state index in [1.165, 1.54) is 25.6 Å². The lowest BCUT2D eigenvalue weighted by molar-refractivity contribution is 0.382. The predicted octanol–water partition coefficient (Wildman–Crippen LogP) is 1.49. The van der Waals surface area contributed by atoms with Gasteiger partial charge in [-0.2, -0.15) is 0 Å². The zero-order chi connectivity index (χ0) is 13.8. The molecule has 0 aliphatic rings. The monoisotopic (exact) mass is 262 g/mol. The number of nitrogens with one attached hydrogen (secondary N) is 1. The zero-order valence-electron chi connectivity index (χ0n) is 10.7. The van der Waals surface area contributed by atoms with Crippen molar-refractivity contribution >= 4 is 0 Å². The van der Waals surface area contributed by atoms with Crippen LogP contribution in [0.1, 0.15) is 22.9 Å². The molecule has 0 amide bonds. The van der Waals surface area contributed by atoms with Crippen molar-refractivity contribution < 1.29 is 9.13 Å². The Morgan fingerprint density at radius 3 is 2.74 bits per heavy atom. The summed E-state index contributed by atoms with van der Waals surface area (Å²) in [5.41, 5.74) is 4.33. The summed E-state index contributed by atoms with van der Waals surface area (Å²) in [6.45, 7) is 1.88. The highest BCUT2D eigenvalue weighted by Gasteiger charge is 2.22. The minimum absolute atomic E-state index is 0.311. The average molecular weight is 262 g/mol. The van der Waals surface area contributed by atoms with Gasteiger partial charge < -0.3 is 4.74 Å². The van der Waals surface area contributed by atoms with Crippen LogP contribution in [0.2, 0.25) is 0 Å². The van der Waals surface area contributed by atoms with E-state index in [9.17, 15) is 4.39 Å². The normalized spacial score (nSPS) is 12.2. The Balaban J connectivity index is 2.53. The number of nitrogens with zero attached hydrogens (tertiary/aromatic N) is 2. The molecule has 1 heterocycles. The molecule has 6 heteroatoms. The highest BCUT2D eigenvalue weighted by atomic mass is 19.1. The summed E-state index contributed by atoms with van der Waals surface area (Å²) in [6.07, 6.45) is 3.01. The van der Waals surface area contributed by atoms with Gasteiger partial charge in [0.2, 0.25) is 5.88 Å². The van der Waals surface area contributed by atoms with Crippen LogP contribution in [0.5, 0.6) is 5.88 Å². The molecule has 3 N–H and O–H groups in total. The number of rotatable bonds is 4. The van der Waals surface area contributed by atoms with Gasteiger partial charge in [0.25, 0.3) is 0 Å². The second-order valence-electron chi connectivity index (χ2n) is 4.08. The summed E-state index contributed by atoms with van der Waals surface area (Å²) in [6, 6.07) is 4.19. The van der Waals surface area contributed by atoms with E-state index in [1.807, 2.05) is 6.92 Å². The fourth-order valence-corrected chi connectivity index (χ4v) is 1.89. The standard InChI is InChI=1S/C13H15FN4O/c1-8-3-4-10(14)9(7-8)11(18-15)12-13(19-2)17-6-5-16-12/h3-7,11,18H,15H2,1-2H3. The molecule has 0 aliphatic heterocycles. The molecule has 1 unspecified atom stereocenters. The number of methoxy groups -OCH3 is 1. The van der Waals surface area contributed by atoms with Crippen molar-refractivity contribution in [2.45, 2.75) is 13.0 Å². The predicted molar refractivity (Wildman–Crippen MR) is 68.9 cm³/mol. The molecule has 0 saturated heterocycles. The van der Waals surface area contributed by atoms with Crippen LogP contribution in [-0.2, 0) is 0 Å². The van der Waals surface area contributed by atoms with Crippen molar-refractivity contribution in [1.29, 1.82) is 0 Å². The first-order valence-electron chi connectivity index (χ1n) is 5.74. The van der Waals surface area contributed by atoms with E-state index in [4.69, 9.17) is 10.6 Å². The van der Waals surface area contributed by atoms with Gasteiger partial charge in [-0.1, -0.05) is 17.7 Å². The van der Waals surface area contributed by atoms with Crippen molar-refractivity contribution in [3.63, 3.8) is 0 Å². The summed E-state index contributed by atoms with van der Waals surface area (Å²) in [7, 11) is 1.48. The minimum atomic E-state index is -0.622. The zero-order valence-corrected chi connectivity index (χ0v) is 10.7. The van der Waals surface area contributed by atoms with E-state index < -0.39 is 6.04 Å².